The molecule has 15 heavy (non-hydrogen) atoms. The number of rotatable bonds is 2. The normalized spacial score (nSPS) is 11.1. The lowest BCUT2D eigenvalue weighted by atomic mass is 10.1. The van der Waals surface area contributed by atoms with Gasteiger partial charge in [0.1, 0.15) is 11.3 Å². The first kappa shape index (κ1) is 9.71. The molecule has 78 valence electrons. The predicted octanol–water partition coefficient (Wildman–Crippen LogP) is 1.56. The van der Waals surface area contributed by atoms with Crippen LogP contribution >= 0.6 is 0 Å². The third kappa shape index (κ3) is 1.58. The molecule has 0 saturated heterocycles. The first-order valence-electron chi connectivity index (χ1n) is 4.86. The van der Waals surface area contributed by atoms with Crippen molar-refractivity contribution < 1.29 is 4.79 Å². The molecule has 2 aromatic rings. The molecule has 0 bridgehead atoms. The molecule has 1 amide bonds. The van der Waals surface area contributed by atoms with E-state index in [4.69, 9.17) is 5.73 Å². The number of nitrogens with two attached hydrogens (primary N) is 1. The van der Waals surface area contributed by atoms with Crippen LogP contribution in [0.4, 0.5) is 0 Å². The lowest BCUT2D eigenvalue weighted by Crippen LogP contribution is -2.13. The van der Waals surface area contributed by atoms with Crippen molar-refractivity contribution in [2.75, 3.05) is 0 Å². The summed E-state index contributed by atoms with van der Waals surface area (Å²) in [6.45, 7) is 4.23. The Kier molecular flexibility index (Phi) is 2.19. The minimum atomic E-state index is -0.459. The minimum absolute atomic E-state index is 0.417. The van der Waals surface area contributed by atoms with Crippen molar-refractivity contribution in [2.24, 2.45) is 5.73 Å². The first-order chi connectivity index (χ1) is 7.09. The Hall–Kier alpha value is -1.84. The number of carbonyl (C=O) groups excluding carboxylic acids is 1. The second kappa shape index (κ2) is 3.38. The Balaban J connectivity index is 2.61. The van der Waals surface area contributed by atoms with Gasteiger partial charge >= 0.3 is 0 Å². The zero-order valence-corrected chi connectivity index (χ0v) is 8.77. The molecule has 0 atom stereocenters. The van der Waals surface area contributed by atoms with Gasteiger partial charge in [-0.05, 0) is 23.6 Å². The zero-order chi connectivity index (χ0) is 11.0. The maximum atomic E-state index is 11.1. The summed E-state index contributed by atoms with van der Waals surface area (Å²) in [7, 11) is 0. The number of hydrogen-bond donors (Lipinski definition) is 1. The van der Waals surface area contributed by atoms with E-state index in [0.29, 0.717) is 11.6 Å². The summed E-state index contributed by atoms with van der Waals surface area (Å²) in [5.41, 5.74) is 7.60. The van der Waals surface area contributed by atoms with E-state index >= 15 is 0 Å². The number of nitrogens with zero attached hydrogens (tertiary/aromatic N) is 2. The van der Waals surface area contributed by atoms with Crippen molar-refractivity contribution in [1.82, 2.24) is 9.38 Å². The van der Waals surface area contributed by atoms with E-state index in [-0.39, 0.29) is 0 Å². The van der Waals surface area contributed by atoms with Crippen molar-refractivity contribution >= 4 is 11.6 Å². The van der Waals surface area contributed by atoms with Gasteiger partial charge in [0.15, 0.2) is 0 Å². The lowest BCUT2D eigenvalue weighted by Gasteiger charge is -2.05. The number of aromatic nitrogens is 2. The molecular formula is C11H13N3O. The van der Waals surface area contributed by atoms with Crippen molar-refractivity contribution in [2.45, 2.75) is 19.8 Å². The largest absolute Gasteiger partial charge is 0.364 e. The van der Waals surface area contributed by atoms with Gasteiger partial charge in [-0.15, -0.1) is 0 Å². The van der Waals surface area contributed by atoms with Gasteiger partial charge in [0, 0.05) is 6.20 Å². The average Bonchev–Trinajstić information content (AvgIpc) is 2.59. The smallest absolute Gasteiger partial charge is 0.267 e. The van der Waals surface area contributed by atoms with E-state index in [1.807, 2.05) is 18.3 Å². The van der Waals surface area contributed by atoms with E-state index in [0.717, 1.165) is 5.65 Å². The second-order valence-electron chi connectivity index (χ2n) is 3.85. The minimum Gasteiger partial charge on any atom is -0.364 e. The van der Waals surface area contributed by atoms with Crippen LogP contribution in [-0.4, -0.2) is 15.3 Å². The van der Waals surface area contributed by atoms with E-state index in [1.165, 1.54) is 11.8 Å². The van der Waals surface area contributed by atoms with Crippen LogP contribution < -0.4 is 5.73 Å². The van der Waals surface area contributed by atoms with Crippen LogP contribution in [0.5, 0.6) is 0 Å². The number of carbonyl (C=O) groups is 1. The maximum absolute atomic E-state index is 11.1. The van der Waals surface area contributed by atoms with Crippen LogP contribution in [0.25, 0.3) is 5.65 Å². The van der Waals surface area contributed by atoms with Crippen molar-refractivity contribution in [3.8, 4) is 0 Å². The molecule has 2 aromatic heterocycles. The number of pyridine rings is 1. The van der Waals surface area contributed by atoms with Crippen LogP contribution in [-0.2, 0) is 0 Å². The molecule has 0 spiro atoms. The van der Waals surface area contributed by atoms with E-state index in [1.54, 1.807) is 4.40 Å². The van der Waals surface area contributed by atoms with Gasteiger partial charge in [-0.2, -0.15) is 0 Å². The molecule has 0 unspecified atom stereocenters. The Labute approximate surface area is 87.7 Å². The molecule has 0 aliphatic carbocycles. The van der Waals surface area contributed by atoms with Gasteiger partial charge in [0.2, 0.25) is 0 Å². The van der Waals surface area contributed by atoms with Crippen LogP contribution in [0.15, 0.2) is 24.5 Å². The summed E-state index contributed by atoms with van der Waals surface area (Å²) in [6.07, 6.45) is 3.33. The number of imidazole rings is 1. The molecule has 0 aromatic carbocycles. The summed E-state index contributed by atoms with van der Waals surface area (Å²) < 4.78 is 1.70. The average molecular weight is 203 g/mol. The van der Waals surface area contributed by atoms with Crippen LogP contribution in [0, 0.1) is 0 Å². The molecule has 0 aliphatic heterocycles. The molecule has 2 N–H and O–H groups in total. The van der Waals surface area contributed by atoms with E-state index < -0.39 is 5.91 Å². The fourth-order valence-electron chi connectivity index (χ4n) is 1.54. The highest BCUT2D eigenvalue weighted by Gasteiger charge is 2.09. The molecule has 0 saturated carbocycles. The first-order valence-corrected chi connectivity index (χ1v) is 4.86. The summed E-state index contributed by atoms with van der Waals surface area (Å²) in [4.78, 5) is 15.2. The highest BCUT2D eigenvalue weighted by Crippen LogP contribution is 2.16. The molecule has 2 rings (SSSR count). The summed E-state index contributed by atoms with van der Waals surface area (Å²) in [5.74, 6) is -0.0106. The van der Waals surface area contributed by atoms with Gasteiger partial charge in [-0.25, -0.2) is 4.98 Å². The standard InChI is InChI=1S/C11H13N3O/c1-7(2)8-3-4-14-9(11(12)15)6-13-10(14)5-8/h3-7H,1-2H3,(H2,12,15). The lowest BCUT2D eigenvalue weighted by molar-refractivity contribution is 0.0995. The van der Waals surface area contributed by atoms with Crippen LogP contribution in [0.2, 0.25) is 0 Å². The van der Waals surface area contributed by atoms with Gasteiger partial charge in [-0.3, -0.25) is 9.20 Å². The van der Waals surface area contributed by atoms with Gasteiger partial charge in [0.05, 0.1) is 6.20 Å². The van der Waals surface area contributed by atoms with Crippen molar-refractivity contribution in [3.05, 3.63) is 35.8 Å². The Morgan fingerprint density at radius 2 is 2.27 bits per heavy atom. The monoisotopic (exact) mass is 203 g/mol. The van der Waals surface area contributed by atoms with Crippen molar-refractivity contribution in [3.63, 3.8) is 0 Å². The Morgan fingerprint density at radius 1 is 1.53 bits per heavy atom. The molecule has 2 heterocycles. The van der Waals surface area contributed by atoms with E-state index in [2.05, 4.69) is 18.8 Å². The molecule has 0 fully saturated rings. The third-order valence-corrected chi connectivity index (χ3v) is 2.46. The number of hydrogen-bond acceptors (Lipinski definition) is 2. The topological polar surface area (TPSA) is 60.4 Å². The number of fused-ring (bicyclic) bond motifs is 1. The summed E-state index contributed by atoms with van der Waals surface area (Å²) in [6, 6.07) is 3.95. The van der Waals surface area contributed by atoms with Crippen LogP contribution in [0.1, 0.15) is 35.8 Å². The fraction of sp³-hybridized carbons (Fsp3) is 0.273. The Bertz CT molecular complexity index is 514. The molecule has 0 radical (unpaired) electrons. The number of primary amides is 1. The van der Waals surface area contributed by atoms with Gasteiger partial charge in [-0.1, -0.05) is 13.8 Å². The third-order valence-electron chi connectivity index (χ3n) is 2.46. The zero-order valence-electron chi connectivity index (χ0n) is 8.77. The molecular weight excluding hydrogens is 190 g/mol. The fourth-order valence-corrected chi connectivity index (χ4v) is 1.54. The predicted molar refractivity (Wildman–Crippen MR) is 57.8 cm³/mol. The van der Waals surface area contributed by atoms with E-state index in [9.17, 15) is 4.79 Å². The second-order valence-corrected chi connectivity index (χ2v) is 3.85. The number of amides is 1. The van der Waals surface area contributed by atoms with Gasteiger partial charge in [0.25, 0.3) is 5.91 Å². The molecule has 0 aliphatic rings. The summed E-state index contributed by atoms with van der Waals surface area (Å²) >= 11 is 0. The van der Waals surface area contributed by atoms with Crippen LogP contribution in [0.3, 0.4) is 0 Å². The highest BCUT2D eigenvalue weighted by molar-refractivity contribution is 5.91. The quantitative estimate of drug-likeness (QED) is 0.805. The SMILES string of the molecule is CC(C)c1ccn2c(C(N)=O)cnc2c1. The molecule has 4 heteroatoms. The molecule has 4 nitrogen and oxygen atoms in total. The maximum Gasteiger partial charge on any atom is 0.267 e. The summed E-state index contributed by atoms with van der Waals surface area (Å²) in [5, 5.41) is 0. The van der Waals surface area contributed by atoms with Gasteiger partial charge < -0.3 is 5.73 Å². The highest BCUT2D eigenvalue weighted by atomic mass is 16.1. The Morgan fingerprint density at radius 3 is 2.87 bits per heavy atom. The van der Waals surface area contributed by atoms with Crippen molar-refractivity contribution in [1.29, 1.82) is 0 Å².